The van der Waals surface area contributed by atoms with Crippen molar-refractivity contribution >= 4 is 17.4 Å². The number of rotatable bonds is 10. The third-order valence-corrected chi connectivity index (χ3v) is 5.15. The summed E-state index contributed by atoms with van der Waals surface area (Å²) in [4.78, 5) is 13.0. The average Bonchev–Trinajstić information content (AvgIpc) is 3.51. The maximum atomic E-state index is 13.0. The van der Waals surface area contributed by atoms with Crippen molar-refractivity contribution in [3.8, 4) is 22.8 Å². The Morgan fingerprint density at radius 2 is 1.91 bits per heavy atom. The van der Waals surface area contributed by atoms with Crippen LogP contribution in [-0.4, -0.2) is 43.5 Å². The molecule has 0 aliphatic rings. The van der Waals surface area contributed by atoms with E-state index < -0.39 is 5.91 Å². The van der Waals surface area contributed by atoms with Gasteiger partial charge in [-0.2, -0.15) is 9.78 Å². The van der Waals surface area contributed by atoms with E-state index >= 15 is 0 Å². The zero-order chi connectivity index (χ0) is 24.6. The summed E-state index contributed by atoms with van der Waals surface area (Å²) in [5, 5.41) is 19.8. The molecule has 35 heavy (non-hydrogen) atoms. The Kier molecular flexibility index (Phi) is 7.46. The molecule has 0 saturated heterocycles. The maximum absolute atomic E-state index is 13.0. The van der Waals surface area contributed by atoms with Gasteiger partial charge in [-0.15, -0.1) is 5.10 Å². The molecule has 2 aromatic heterocycles. The summed E-state index contributed by atoms with van der Waals surface area (Å²) in [6.07, 6.45) is 2.41. The van der Waals surface area contributed by atoms with Gasteiger partial charge in [-0.05, 0) is 66.3 Å². The SMILES string of the molecule is CCCOc1ccc(-c2c(C(=O)N/N=C(\C)CCc3ccccc3)nnn2-c2nonc2N)cc1. The smallest absolute Gasteiger partial charge is 0.294 e. The van der Waals surface area contributed by atoms with Gasteiger partial charge < -0.3 is 10.5 Å². The number of benzene rings is 2. The summed E-state index contributed by atoms with van der Waals surface area (Å²) in [6.45, 7) is 4.50. The third-order valence-electron chi connectivity index (χ3n) is 5.15. The molecule has 0 atom stereocenters. The molecule has 0 fully saturated rings. The number of ether oxygens (including phenoxy) is 1. The molecule has 1 amide bonds. The first-order chi connectivity index (χ1) is 17.1. The summed E-state index contributed by atoms with van der Waals surface area (Å²) >= 11 is 0. The Labute approximate surface area is 201 Å². The van der Waals surface area contributed by atoms with Crippen LogP contribution in [0.2, 0.25) is 0 Å². The molecule has 0 aliphatic carbocycles. The van der Waals surface area contributed by atoms with E-state index in [2.05, 4.69) is 43.3 Å². The topological polar surface area (TPSA) is 146 Å². The number of carbonyl (C=O) groups is 1. The lowest BCUT2D eigenvalue weighted by Crippen LogP contribution is -2.20. The molecule has 11 heteroatoms. The van der Waals surface area contributed by atoms with Gasteiger partial charge in [-0.3, -0.25) is 4.79 Å². The quantitative estimate of drug-likeness (QED) is 0.262. The number of amides is 1. The molecular weight excluding hydrogens is 448 g/mol. The molecular formula is C24H26N8O3. The lowest BCUT2D eigenvalue weighted by molar-refractivity contribution is 0.0950. The number of carbonyl (C=O) groups excluding carboxylic acids is 1. The number of nitrogens with zero attached hydrogens (tertiary/aromatic N) is 6. The van der Waals surface area contributed by atoms with Gasteiger partial charge in [0.15, 0.2) is 5.69 Å². The number of anilines is 1. The number of aromatic nitrogens is 5. The molecule has 0 radical (unpaired) electrons. The summed E-state index contributed by atoms with van der Waals surface area (Å²) in [6, 6.07) is 17.3. The Morgan fingerprint density at radius 1 is 1.14 bits per heavy atom. The average molecular weight is 475 g/mol. The van der Waals surface area contributed by atoms with Gasteiger partial charge in [-0.25, -0.2) is 10.1 Å². The van der Waals surface area contributed by atoms with Gasteiger partial charge in [0.05, 0.1) is 6.61 Å². The fraction of sp³-hybridized carbons (Fsp3) is 0.250. The van der Waals surface area contributed by atoms with E-state index in [9.17, 15) is 4.79 Å². The predicted molar refractivity (Wildman–Crippen MR) is 130 cm³/mol. The molecule has 3 N–H and O–H groups in total. The standard InChI is InChI=1S/C24H26N8O3/c1-3-15-34-19-13-11-18(12-14-19)21-20(27-31-32(21)23-22(25)29-35-30-23)24(33)28-26-16(2)9-10-17-7-5-4-6-8-17/h4-8,11-14H,3,9-10,15H2,1-2H3,(H2,25,29)(H,28,33)/b26-16+. The zero-order valence-electron chi connectivity index (χ0n) is 19.5. The molecule has 0 aliphatic heterocycles. The van der Waals surface area contributed by atoms with Crippen LogP contribution in [0.25, 0.3) is 17.1 Å². The van der Waals surface area contributed by atoms with Crippen LogP contribution in [0.5, 0.6) is 5.75 Å². The summed E-state index contributed by atoms with van der Waals surface area (Å²) in [5.41, 5.74) is 11.5. The minimum Gasteiger partial charge on any atom is -0.494 e. The Balaban J connectivity index is 1.57. The number of nitrogen functional groups attached to an aromatic ring is 1. The van der Waals surface area contributed by atoms with E-state index in [1.165, 1.54) is 10.2 Å². The lowest BCUT2D eigenvalue weighted by Gasteiger charge is -2.08. The highest BCUT2D eigenvalue weighted by molar-refractivity contribution is 5.99. The van der Waals surface area contributed by atoms with Crippen LogP contribution in [-0.2, 0) is 6.42 Å². The first-order valence-corrected chi connectivity index (χ1v) is 11.2. The Morgan fingerprint density at radius 3 is 2.60 bits per heavy atom. The van der Waals surface area contributed by atoms with E-state index in [4.69, 9.17) is 15.1 Å². The molecule has 0 saturated carbocycles. The summed E-state index contributed by atoms with van der Waals surface area (Å²) in [7, 11) is 0. The van der Waals surface area contributed by atoms with Crippen LogP contribution in [0.3, 0.4) is 0 Å². The molecule has 180 valence electrons. The maximum Gasteiger partial charge on any atom is 0.294 e. The van der Waals surface area contributed by atoms with Crippen molar-refractivity contribution in [1.82, 2.24) is 30.7 Å². The van der Waals surface area contributed by atoms with Gasteiger partial charge >= 0.3 is 0 Å². The fourth-order valence-corrected chi connectivity index (χ4v) is 3.33. The van der Waals surface area contributed by atoms with E-state index in [1.807, 2.05) is 32.0 Å². The molecule has 0 unspecified atom stereocenters. The van der Waals surface area contributed by atoms with Crippen LogP contribution in [0.4, 0.5) is 5.82 Å². The van der Waals surface area contributed by atoms with Crippen molar-refractivity contribution in [1.29, 1.82) is 0 Å². The minimum atomic E-state index is -0.522. The number of hydrogen-bond acceptors (Lipinski definition) is 9. The van der Waals surface area contributed by atoms with E-state index in [1.54, 1.807) is 24.3 Å². The van der Waals surface area contributed by atoms with Gasteiger partial charge in [0.1, 0.15) is 11.4 Å². The molecule has 2 aromatic carbocycles. The first kappa shape index (κ1) is 23.6. The zero-order valence-corrected chi connectivity index (χ0v) is 19.5. The van der Waals surface area contributed by atoms with Crippen LogP contribution in [0.1, 0.15) is 42.7 Å². The van der Waals surface area contributed by atoms with E-state index in [0.717, 1.165) is 18.6 Å². The van der Waals surface area contributed by atoms with Crippen molar-refractivity contribution in [3.05, 3.63) is 65.9 Å². The number of hydrogen-bond donors (Lipinski definition) is 2. The predicted octanol–water partition coefficient (Wildman–Crippen LogP) is 3.43. The Bertz CT molecular complexity index is 1300. The van der Waals surface area contributed by atoms with Crippen molar-refractivity contribution in [2.24, 2.45) is 5.10 Å². The fourth-order valence-electron chi connectivity index (χ4n) is 3.33. The molecule has 0 bridgehead atoms. The highest BCUT2D eigenvalue weighted by atomic mass is 16.6. The second-order valence-corrected chi connectivity index (χ2v) is 7.82. The molecule has 4 aromatic rings. The third kappa shape index (κ3) is 5.69. The second kappa shape index (κ2) is 11.1. The largest absolute Gasteiger partial charge is 0.494 e. The highest BCUT2D eigenvalue weighted by Crippen LogP contribution is 2.28. The Hall–Kier alpha value is -4.54. The van der Waals surface area contributed by atoms with Gasteiger partial charge in [-0.1, -0.05) is 42.5 Å². The monoisotopic (exact) mass is 474 g/mol. The number of hydrazone groups is 1. The van der Waals surface area contributed by atoms with Gasteiger partial charge in [0.25, 0.3) is 5.91 Å². The van der Waals surface area contributed by atoms with Crippen LogP contribution in [0.15, 0.2) is 64.3 Å². The first-order valence-electron chi connectivity index (χ1n) is 11.2. The van der Waals surface area contributed by atoms with Gasteiger partial charge in [0, 0.05) is 11.3 Å². The molecule has 0 spiro atoms. The second-order valence-electron chi connectivity index (χ2n) is 7.82. The molecule has 11 nitrogen and oxygen atoms in total. The number of nitrogens with one attached hydrogen (secondary N) is 1. The van der Waals surface area contributed by atoms with Crippen LogP contribution in [0, 0.1) is 0 Å². The lowest BCUT2D eigenvalue weighted by atomic mass is 10.1. The number of nitrogens with two attached hydrogens (primary N) is 1. The minimum absolute atomic E-state index is 0.0146. The molecule has 4 rings (SSSR count). The van der Waals surface area contributed by atoms with Crippen molar-refractivity contribution in [3.63, 3.8) is 0 Å². The summed E-state index contributed by atoms with van der Waals surface area (Å²) < 4.78 is 11.7. The van der Waals surface area contributed by atoms with Crippen LogP contribution < -0.4 is 15.9 Å². The highest BCUT2D eigenvalue weighted by Gasteiger charge is 2.25. The van der Waals surface area contributed by atoms with E-state index in [-0.39, 0.29) is 17.3 Å². The van der Waals surface area contributed by atoms with Crippen molar-refractivity contribution < 1.29 is 14.2 Å². The van der Waals surface area contributed by atoms with E-state index in [0.29, 0.717) is 30.0 Å². The van der Waals surface area contributed by atoms with Crippen molar-refractivity contribution in [2.45, 2.75) is 33.1 Å². The van der Waals surface area contributed by atoms with Crippen molar-refractivity contribution in [2.75, 3.05) is 12.3 Å². The van der Waals surface area contributed by atoms with Crippen LogP contribution >= 0.6 is 0 Å². The molecule has 2 heterocycles. The van der Waals surface area contributed by atoms with Gasteiger partial charge in [0.2, 0.25) is 11.6 Å². The normalized spacial score (nSPS) is 11.4. The number of aryl methyl sites for hydroxylation is 1. The summed E-state index contributed by atoms with van der Waals surface area (Å²) in [5.74, 6) is 0.328.